The number of amides is 1. The fourth-order valence-electron chi connectivity index (χ4n) is 3.82. The largest absolute Gasteiger partial charge is 0.507 e. The highest BCUT2D eigenvalue weighted by molar-refractivity contribution is 6.46. The van der Waals surface area contributed by atoms with E-state index in [1.54, 1.807) is 32.0 Å². The van der Waals surface area contributed by atoms with E-state index in [1.807, 2.05) is 19.0 Å². The quantitative estimate of drug-likeness (QED) is 0.395. The summed E-state index contributed by atoms with van der Waals surface area (Å²) in [5.41, 5.74) is 2.25. The van der Waals surface area contributed by atoms with Crippen molar-refractivity contribution in [3.63, 3.8) is 0 Å². The monoisotopic (exact) mass is 428 g/mol. The lowest BCUT2D eigenvalue weighted by atomic mass is 9.94. The van der Waals surface area contributed by atoms with E-state index >= 15 is 0 Å². The van der Waals surface area contributed by atoms with Crippen LogP contribution in [0.4, 0.5) is 0 Å². The molecule has 9 nitrogen and oxygen atoms in total. The van der Waals surface area contributed by atoms with Gasteiger partial charge in [-0.05, 0) is 45.6 Å². The van der Waals surface area contributed by atoms with E-state index in [4.69, 9.17) is 9.47 Å². The molecule has 1 atom stereocenters. The first-order valence-electron chi connectivity index (χ1n) is 9.88. The minimum atomic E-state index is -0.770. The van der Waals surface area contributed by atoms with Crippen molar-refractivity contribution >= 4 is 17.4 Å². The zero-order valence-electron chi connectivity index (χ0n) is 18.6. The number of aromatic nitrogens is 2. The van der Waals surface area contributed by atoms with Gasteiger partial charge in [0.15, 0.2) is 11.5 Å². The van der Waals surface area contributed by atoms with Crippen LogP contribution in [0.3, 0.4) is 0 Å². The fourth-order valence-corrected chi connectivity index (χ4v) is 3.82. The number of methoxy groups -OCH3 is 2. The van der Waals surface area contributed by atoms with Gasteiger partial charge in [0.2, 0.25) is 0 Å². The van der Waals surface area contributed by atoms with Gasteiger partial charge in [0.1, 0.15) is 5.76 Å². The number of benzene rings is 1. The fraction of sp³-hybridized carbons (Fsp3) is 0.409. The molecule has 9 heteroatoms. The van der Waals surface area contributed by atoms with Crippen LogP contribution in [0.25, 0.3) is 5.76 Å². The van der Waals surface area contributed by atoms with Crippen molar-refractivity contribution in [1.82, 2.24) is 20.0 Å². The first kappa shape index (κ1) is 22.4. The minimum Gasteiger partial charge on any atom is -0.507 e. The number of likely N-dealkylation sites (N-methyl/N-ethyl adjacent to an activating group) is 1. The van der Waals surface area contributed by atoms with Crippen LogP contribution in [-0.2, 0) is 9.59 Å². The minimum absolute atomic E-state index is 0.0311. The van der Waals surface area contributed by atoms with Crippen molar-refractivity contribution in [2.45, 2.75) is 19.9 Å². The van der Waals surface area contributed by atoms with Crippen molar-refractivity contribution in [3.05, 3.63) is 46.3 Å². The lowest BCUT2D eigenvalue weighted by Crippen LogP contribution is -2.35. The summed E-state index contributed by atoms with van der Waals surface area (Å²) < 4.78 is 10.7. The Morgan fingerprint density at radius 2 is 1.87 bits per heavy atom. The number of aromatic amines is 1. The summed E-state index contributed by atoms with van der Waals surface area (Å²) in [7, 11) is 6.83. The van der Waals surface area contributed by atoms with Crippen LogP contribution in [0.2, 0.25) is 0 Å². The Morgan fingerprint density at radius 1 is 1.19 bits per heavy atom. The molecule has 1 aromatic heterocycles. The molecule has 2 aromatic rings. The Morgan fingerprint density at radius 3 is 2.42 bits per heavy atom. The zero-order valence-corrected chi connectivity index (χ0v) is 18.6. The lowest BCUT2D eigenvalue weighted by molar-refractivity contribution is -0.140. The Balaban J connectivity index is 2.22. The second kappa shape index (κ2) is 8.81. The van der Waals surface area contributed by atoms with Gasteiger partial charge in [0, 0.05) is 18.8 Å². The number of hydrogen-bond donors (Lipinski definition) is 2. The molecule has 1 fully saturated rings. The molecule has 0 radical (unpaired) electrons. The SMILES string of the molecule is COc1ccc(C2/C(=C(\O)c3c(C)n[nH]c3C)C(=O)C(=O)N2CCN(C)C)cc1OC. The summed E-state index contributed by atoms with van der Waals surface area (Å²) in [5.74, 6) is -0.626. The number of ether oxygens (including phenoxy) is 2. The number of aryl methyl sites for hydroxylation is 2. The average Bonchev–Trinajstić information content (AvgIpc) is 3.21. The van der Waals surface area contributed by atoms with Gasteiger partial charge >= 0.3 is 0 Å². The van der Waals surface area contributed by atoms with Crippen LogP contribution in [0, 0.1) is 13.8 Å². The Labute approximate surface area is 181 Å². The maximum absolute atomic E-state index is 13.1. The van der Waals surface area contributed by atoms with Gasteiger partial charge in [0.25, 0.3) is 11.7 Å². The van der Waals surface area contributed by atoms with Gasteiger partial charge in [-0.25, -0.2) is 0 Å². The van der Waals surface area contributed by atoms with Gasteiger partial charge in [0.05, 0.1) is 37.1 Å². The highest BCUT2D eigenvalue weighted by atomic mass is 16.5. The van der Waals surface area contributed by atoms with Crippen molar-refractivity contribution in [3.8, 4) is 11.5 Å². The molecule has 166 valence electrons. The molecule has 1 saturated heterocycles. The van der Waals surface area contributed by atoms with Crippen molar-refractivity contribution in [2.24, 2.45) is 0 Å². The zero-order chi connectivity index (χ0) is 22.9. The van der Waals surface area contributed by atoms with Gasteiger partial charge in [-0.1, -0.05) is 6.07 Å². The van der Waals surface area contributed by atoms with Crippen LogP contribution < -0.4 is 9.47 Å². The number of nitrogens with zero attached hydrogens (tertiary/aromatic N) is 3. The highest BCUT2D eigenvalue weighted by Gasteiger charge is 2.46. The molecular weight excluding hydrogens is 400 g/mol. The summed E-state index contributed by atoms with van der Waals surface area (Å²) in [5, 5.41) is 18.1. The molecule has 31 heavy (non-hydrogen) atoms. The smallest absolute Gasteiger partial charge is 0.295 e. The predicted octanol–water partition coefficient (Wildman–Crippen LogP) is 2.03. The van der Waals surface area contributed by atoms with Crippen molar-refractivity contribution in [2.75, 3.05) is 41.4 Å². The van der Waals surface area contributed by atoms with Gasteiger partial charge in [-0.3, -0.25) is 14.7 Å². The maximum atomic E-state index is 13.1. The molecule has 1 aliphatic rings. The van der Waals surface area contributed by atoms with E-state index in [1.165, 1.54) is 19.1 Å². The predicted molar refractivity (Wildman–Crippen MR) is 115 cm³/mol. The number of carbonyl (C=O) groups excluding carboxylic acids is 2. The number of hydrogen-bond acceptors (Lipinski definition) is 7. The van der Waals surface area contributed by atoms with E-state index in [0.29, 0.717) is 47.1 Å². The average molecular weight is 428 g/mol. The summed E-state index contributed by atoms with van der Waals surface area (Å²) in [6.45, 7) is 4.35. The van der Waals surface area contributed by atoms with E-state index in [-0.39, 0.29) is 11.3 Å². The molecule has 2 heterocycles. The number of likely N-dealkylation sites (tertiary alicyclic amines) is 1. The molecule has 0 aliphatic carbocycles. The van der Waals surface area contributed by atoms with Crippen molar-refractivity contribution in [1.29, 1.82) is 0 Å². The number of Topliss-reactive ketones (excluding diaryl/α,β-unsaturated/α-hetero) is 1. The summed E-state index contributed by atoms with van der Waals surface area (Å²) in [6, 6.07) is 4.44. The highest BCUT2D eigenvalue weighted by Crippen LogP contribution is 2.42. The van der Waals surface area contributed by atoms with Crippen LogP contribution in [-0.4, -0.2) is 78.2 Å². The molecule has 0 saturated carbocycles. The van der Waals surface area contributed by atoms with E-state index in [2.05, 4.69) is 10.2 Å². The topological polar surface area (TPSA) is 108 Å². The van der Waals surface area contributed by atoms with E-state index < -0.39 is 17.7 Å². The molecule has 0 spiro atoms. The third kappa shape index (κ3) is 4.00. The summed E-state index contributed by atoms with van der Waals surface area (Å²) in [4.78, 5) is 29.5. The Bertz CT molecular complexity index is 1020. The van der Waals surface area contributed by atoms with Crippen LogP contribution in [0.5, 0.6) is 11.5 Å². The second-order valence-corrected chi connectivity index (χ2v) is 7.72. The van der Waals surface area contributed by atoms with Crippen molar-refractivity contribution < 1.29 is 24.2 Å². The van der Waals surface area contributed by atoms with E-state index in [0.717, 1.165) is 0 Å². The molecule has 1 aliphatic heterocycles. The molecule has 1 aromatic carbocycles. The van der Waals surface area contributed by atoms with Gasteiger partial charge in [-0.2, -0.15) is 5.10 Å². The normalized spacial score (nSPS) is 18.2. The molecule has 0 bridgehead atoms. The molecule has 3 rings (SSSR count). The molecular formula is C22H28N4O5. The standard InChI is InChI=1S/C22H28N4O5/c1-12-17(13(2)24-23-12)20(27)18-19(14-7-8-15(30-5)16(11-14)31-6)26(10-9-25(3)4)22(29)21(18)28/h7-8,11,19,27H,9-10H2,1-6H3,(H,23,24)/b20-18+. The number of carbonyl (C=O) groups is 2. The Hall–Kier alpha value is -3.33. The summed E-state index contributed by atoms with van der Waals surface area (Å²) >= 11 is 0. The first-order valence-corrected chi connectivity index (χ1v) is 9.88. The van der Waals surface area contributed by atoms with Crippen LogP contribution in [0.1, 0.15) is 28.6 Å². The molecule has 1 amide bonds. The number of rotatable bonds is 7. The van der Waals surface area contributed by atoms with Gasteiger partial charge in [-0.15, -0.1) is 0 Å². The van der Waals surface area contributed by atoms with E-state index in [9.17, 15) is 14.7 Å². The third-order valence-electron chi connectivity index (χ3n) is 5.42. The number of ketones is 1. The first-order chi connectivity index (χ1) is 14.7. The molecule has 1 unspecified atom stereocenters. The third-order valence-corrected chi connectivity index (χ3v) is 5.42. The number of nitrogens with one attached hydrogen (secondary N) is 1. The molecule has 2 N–H and O–H groups in total. The van der Waals surface area contributed by atoms with Crippen LogP contribution in [0.15, 0.2) is 23.8 Å². The van der Waals surface area contributed by atoms with Gasteiger partial charge < -0.3 is 24.4 Å². The number of aliphatic hydroxyl groups excluding tert-OH is 1. The van der Waals surface area contributed by atoms with Crippen LogP contribution >= 0.6 is 0 Å². The number of H-pyrrole nitrogens is 1. The Kier molecular flexibility index (Phi) is 6.35. The maximum Gasteiger partial charge on any atom is 0.295 e. The second-order valence-electron chi connectivity index (χ2n) is 7.72. The lowest BCUT2D eigenvalue weighted by Gasteiger charge is -2.27. The number of aliphatic hydroxyl groups is 1. The summed E-state index contributed by atoms with van der Waals surface area (Å²) in [6.07, 6.45) is 0.